The number of hydrogen-bond acceptors (Lipinski definition) is 3. The van der Waals surface area contributed by atoms with Gasteiger partial charge in [-0.3, -0.25) is 0 Å². The molecule has 17 heavy (non-hydrogen) atoms. The minimum atomic E-state index is -0.993. The fourth-order valence-electron chi connectivity index (χ4n) is 2.05. The molecule has 0 aromatic heterocycles. The fraction of sp³-hybridized carbons (Fsp3) is 0.462. The highest BCUT2D eigenvalue weighted by atomic mass is 16.4. The SMILES string of the molecule is Cc1cc(C(=O)O)cc([C@@H](N)CC2CC2)c1O. The van der Waals surface area contributed by atoms with E-state index in [1.165, 1.54) is 25.0 Å². The van der Waals surface area contributed by atoms with Gasteiger partial charge in [0.25, 0.3) is 0 Å². The molecular weight excluding hydrogens is 218 g/mol. The van der Waals surface area contributed by atoms with Crippen molar-refractivity contribution in [2.24, 2.45) is 11.7 Å². The summed E-state index contributed by atoms with van der Waals surface area (Å²) in [7, 11) is 0. The molecule has 0 heterocycles. The predicted molar refractivity (Wildman–Crippen MR) is 64.1 cm³/mol. The highest BCUT2D eigenvalue weighted by Gasteiger charge is 2.26. The summed E-state index contributed by atoms with van der Waals surface area (Å²) < 4.78 is 0. The number of rotatable bonds is 4. The lowest BCUT2D eigenvalue weighted by Crippen LogP contribution is -2.13. The third-order valence-electron chi connectivity index (χ3n) is 3.26. The first-order valence-corrected chi connectivity index (χ1v) is 5.81. The number of hydrogen-bond donors (Lipinski definition) is 3. The molecule has 2 rings (SSSR count). The Kier molecular flexibility index (Phi) is 3.07. The van der Waals surface area contributed by atoms with Crippen LogP contribution in [0, 0.1) is 12.8 Å². The molecule has 92 valence electrons. The second-order valence-corrected chi connectivity index (χ2v) is 4.82. The van der Waals surface area contributed by atoms with Gasteiger partial charge in [-0.1, -0.05) is 12.8 Å². The van der Waals surface area contributed by atoms with E-state index in [2.05, 4.69) is 0 Å². The van der Waals surface area contributed by atoms with E-state index in [4.69, 9.17) is 10.8 Å². The number of aromatic hydroxyl groups is 1. The number of aromatic carboxylic acids is 1. The van der Waals surface area contributed by atoms with Crippen LogP contribution in [0.1, 0.15) is 46.8 Å². The van der Waals surface area contributed by atoms with Crippen molar-refractivity contribution in [1.82, 2.24) is 0 Å². The number of phenols is 1. The van der Waals surface area contributed by atoms with Crippen molar-refractivity contribution in [1.29, 1.82) is 0 Å². The van der Waals surface area contributed by atoms with Gasteiger partial charge in [0, 0.05) is 11.6 Å². The van der Waals surface area contributed by atoms with Crippen molar-refractivity contribution in [2.45, 2.75) is 32.2 Å². The van der Waals surface area contributed by atoms with E-state index in [1.807, 2.05) is 0 Å². The molecule has 1 aliphatic carbocycles. The van der Waals surface area contributed by atoms with Crippen molar-refractivity contribution in [3.8, 4) is 5.75 Å². The monoisotopic (exact) mass is 235 g/mol. The Morgan fingerprint density at radius 1 is 1.53 bits per heavy atom. The van der Waals surface area contributed by atoms with E-state index in [0.29, 0.717) is 17.0 Å². The molecule has 0 amide bonds. The van der Waals surface area contributed by atoms with Crippen molar-refractivity contribution >= 4 is 5.97 Å². The molecule has 0 bridgehead atoms. The summed E-state index contributed by atoms with van der Waals surface area (Å²) in [6, 6.07) is 2.67. The van der Waals surface area contributed by atoms with Gasteiger partial charge in [-0.05, 0) is 37.0 Å². The van der Waals surface area contributed by atoms with Crippen molar-refractivity contribution in [3.05, 3.63) is 28.8 Å². The Hall–Kier alpha value is -1.55. The summed E-state index contributed by atoms with van der Waals surface area (Å²) in [5, 5.41) is 18.9. The maximum atomic E-state index is 11.0. The van der Waals surface area contributed by atoms with E-state index < -0.39 is 5.97 Å². The normalized spacial score (nSPS) is 16.8. The Balaban J connectivity index is 2.32. The van der Waals surface area contributed by atoms with E-state index in [0.717, 1.165) is 6.42 Å². The summed E-state index contributed by atoms with van der Waals surface area (Å²) in [6.07, 6.45) is 3.19. The fourth-order valence-corrected chi connectivity index (χ4v) is 2.05. The van der Waals surface area contributed by atoms with Crippen LogP contribution in [0.2, 0.25) is 0 Å². The van der Waals surface area contributed by atoms with Crippen LogP contribution in [0.3, 0.4) is 0 Å². The summed E-state index contributed by atoms with van der Waals surface area (Å²) in [5.41, 5.74) is 7.32. The van der Waals surface area contributed by atoms with Gasteiger partial charge in [0.15, 0.2) is 0 Å². The zero-order valence-corrected chi connectivity index (χ0v) is 9.81. The Morgan fingerprint density at radius 2 is 2.18 bits per heavy atom. The molecule has 1 aromatic rings. The molecule has 4 nitrogen and oxygen atoms in total. The van der Waals surface area contributed by atoms with Crippen molar-refractivity contribution < 1.29 is 15.0 Å². The van der Waals surface area contributed by atoms with E-state index >= 15 is 0 Å². The summed E-state index contributed by atoms with van der Waals surface area (Å²) >= 11 is 0. The molecule has 0 radical (unpaired) electrons. The first-order chi connectivity index (χ1) is 7.99. The van der Waals surface area contributed by atoms with Gasteiger partial charge in [0.05, 0.1) is 5.56 Å². The maximum absolute atomic E-state index is 11.0. The zero-order valence-electron chi connectivity index (χ0n) is 9.81. The lowest BCUT2D eigenvalue weighted by Gasteiger charge is -2.15. The Labute approximate surface area is 100 Å². The number of carboxylic acid groups (broad SMARTS) is 1. The van der Waals surface area contributed by atoms with Gasteiger partial charge in [-0.2, -0.15) is 0 Å². The van der Waals surface area contributed by atoms with Crippen molar-refractivity contribution in [2.75, 3.05) is 0 Å². The second-order valence-electron chi connectivity index (χ2n) is 4.82. The number of nitrogens with two attached hydrogens (primary N) is 1. The minimum Gasteiger partial charge on any atom is -0.507 e. The molecule has 1 fully saturated rings. The summed E-state index contributed by atoms with van der Waals surface area (Å²) in [6.45, 7) is 1.69. The zero-order chi connectivity index (χ0) is 12.6. The molecule has 1 aliphatic rings. The standard InChI is InChI=1S/C13H17NO3/c1-7-4-9(13(16)17)6-10(12(7)15)11(14)5-8-2-3-8/h4,6,8,11,15H,2-3,5,14H2,1H3,(H,16,17)/t11-/m0/s1. The number of aryl methyl sites for hydroxylation is 1. The number of benzene rings is 1. The Morgan fingerprint density at radius 3 is 2.71 bits per heavy atom. The molecule has 4 heteroatoms. The average molecular weight is 235 g/mol. The van der Waals surface area contributed by atoms with Crippen LogP contribution in [0.5, 0.6) is 5.75 Å². The van der Waals surface area contributed by atoms with Gasteiger partial charge in [0.2, 0.25) is 0 Å². The van der Waals surface area contributed by atoms with Gasteiger partial charge in [0.1, 0.15) is 5.75 Å². The number of carbonyl (C=O) groups is 1. The third-order valence-corrected chi connectivity index (χ3v) is 3.26. The van der Waals surface area contributed by atoms with E-state index in [1.54, 1.807) is 6.92 Å². The lowest BCUT2D eigenvalue weighted by molar-refractivity contribution is 0.0696. The van der Waals surface area contributed by atoms with Crippen LogP contribution in [0.15, 0.2) is 12.1 Å². The average Bonchev–Trinajstić information content (AvgIpc) is 3.05. The molecular formula is C13H17NO3. The number of phenolic OH excluding ortho intramolecular Hbond substituents is 1. The molecule has 1 saturated carbocycles. The minimum absolute atomic E-state index is 0.128. The van der Waals surface area contributed by atoms with Gasteiger partial charge in [-0.15, -0.1) is 0 Å². The van der Waals surface area contributed by atoms with E-state index in [-0.39, 0.29) is 17.4 Å². The molecule has 1 atom stereocenters. The predicted octanol–water partition coefficient (Wildman–Crippen LogP) is 2.20. The van der Waals surface area contributed by atoms with Crippen molar-refractivity contribution in [3.63, 3.8) is 0 Å². The van der Waals surface area contributed by atoms with Crippen LogP contribution in [0.25, 0.3) is 0 Å². The highest BCUT2D eigenvalue weighted by molar-refractivity contribution is 5.88. The molecule has 0 aliphatic heterocycles. The topological polar surface area (TPSA) is 83.5 Å². The Bertz CT molecular complexity index is 452. The summed E-state index contributed by atoms with van der Waals surface area (Å²) in [5.74, 6) is -0.227. The maximum Gasteiger partial charge on any atom is 0.335 e. The van der Waals surface area contributed by atoms with Crippen LogP contribution in [-0.4, -0.2) is 16.2 Å². The van der Waals surface area contributed by atoms with Crippen LogP contribution in [-0.2, 0) is 0 Å². The van der Waals surface area contributed by atoms with Gasteiger partial charge < -0.3 is 15.9 Å². The van der Waals surface area contributed by atoms with Crippen LogP contribution in [0.4, 0.5) is 0 Å². The van der Waals surface area contributed by atoms with Gasteiger partial charge >= 0.3 is 5.97 Å². The molecule has 0 unspecified atom stereocenters. The quantitative estimate of drug-likeness (QED) is 0.747. The van der Waals surface area contributed by atoms with Crippen LogP contribution < -0.4 is 5.73 Å². The highest BCUT2D eigenvalue weighted by Crippen LogP contribution is 2.39. The number of carboxylic acids is 1. The second kappa shape index (κ2) is 4.37. The largest absolute Gasteiger partial charge is 0.507 e. The third kappa shape index (κ3) is 2.58. The molecule has 1 aromatic carbocycles. The molecule has 0 spiro atoms. The van der Waals surface area contributed by atoms with E-state index in [9.17, 15) is 9.90 Å². The first kappa shape index (κ1) is 11.9. The molecule has 4 N–H and O–H groups in total. The van der Waals surface area contributed by atoms with Gasteiger partial charge in [-0.25, -0.2) is 4.79 Å². The summed E-state index contributed by atoms with van der Waals surface area (Å²) in [4.78, 5) is 11.0. The smallest absolute Gasteiger partial charge is 0.335 e. The molecule has 0 saturated heterocycles. The lowest BCUT2D eigenvalue weighted by atomic mass is 9.96. The van der Waals surface area contributed by atoms with Crippen LogP contribution >= 0.6 is 0 Å². The first-order valence-electron chi connectivity index (χ1n) is 5.81.